The smallest absolute Gasteiger partial charge is 0.316 e. The van der Waals surface area contributed by atoms with Gasteiger partial charge in [-0.3, -0.25) is 5.10 Å². The zero-order chi connectivity index (χ0) is 13.0. The number of nitrogens with two attached hydrogens (primary N) is 1. The number of hydrogen-bond donors (Lipinski definition) is 4. The molecule has 0 bridgehead atoms. The summed E-state index contributed by atoms with van der Waals surface area (Å²) in [5.41, 5.74) is 8.83. The minimum atomic E-state index is -0.565. The van der Waals surface area contributed by atoms with Gasteiger partial charge >= 0.3 is 6.03 Å². The number of benzene rings is 1. The number of anilines is 2. The molecule has 6 nitrogen and oxygen atoms in total. The Balaban J connectivity index is 1.94. The zero-order valence-corrected chi connectivity index (χ0v) is 10.0. The normalized spacial score (nSPS) is 10.1. The molecule has 18 heavy (non-hydrogen) atoms. The van der Waals surface area contributed by atoms with Crippen LogP contribution in [0.3, 0.4) is 0 Å². The molecule has 6 heteroatoms. The van der Waals surface area contributed by atoms with Crippen LogP contribution in [0.5, 0.6) is 0 Å². The van der Waals surface area contributed by atoms with E-state index in [1.165, 1.54) is 0 Å². The second-order valence-electron chi connectivity index (χ2n) is 3.94. The number of amides is 2. The van der Waals surface area contributed by atoms with E-state index in [0.29, 0.717) is 12.2 Å². The molecule has 0 radical (unpaired) electrons. The van der Waals surface area contributed by atoms with Crippen molar-refractivity contribution in [3.8, 4) is 0 Å². The van der Waals surface area contributed by atoms with Crippen LogP contribution in [0.15, 0.2) is 30.5 Å². The van der Waals surface area contributed by atoms with Crippen molar-refractivity contribution in [3.05, 3.63) is 41.7 Å². The third kappa shape index (κ3) is 3.00. The van der Waals surface area contributed by atoms with Crippen molar-refractivity contribution in [2.24, 2.45) is 5.73 Å². The van der Waals surface area contributed by atoms with Gasteiger partial charge in [-0.2, -0.15) is 5.10 Å². The molecule has 5 N–H and O–H groups in total. The quantitative estimate of drug-likeness (QED) is 0.661. The molecular formula is C12H15N5O. The first-order chi connectivity index (χ1) is 8.65. The van der Waals surface area contributed by atoms with E-state index >= 15 is 0 Å². The molecule has 0 saturated carbocycles. The summed E-state index contributed by atoms with van der Waals surface area (Å²) in [7, 11) is 0. The lowest BCUT2D eigenvalue weighted by Gasteiger charge is -2.07. The largest absolute Gasteiger partial charge is 0.381 e. The molecule has 0 spiro atoms. The first-order valence-corrected chi connectivity index (χ1v) is 5.54. The number of rotatable bonds is 4. The Kier molecular flexibility index (Phi) is 3.47. The summed E-state index contributed by atoms with van der Waals surface area (Å²) < 4.78 is 0. The van der Waals surface area contributed by atoms with Crippen LogP contribution in [0.1, 0.15) is 11.3 Å². The Morgan fingerprint density at radius 3 is 2.56 bits per heavy atom. The molecule has 2 aromatic rings. The summed E-state index contributed by atoms with van der Waals surface area (Å²) >= 11 is 0. The first-order valence-electron chi connectivity index (χ1n) is 5.54. The Hall–Kier alpha value is -2.50. The van der Waals surface area contributed by atoms with E-state index in [1.54, 1.807) is 18.3 Å². The van der Waals surface area contributed by atoms with Gasteiger partial charge in [0.1, 0.15) is 0 Å². The highest BCUT2D eigenvalue weighted by Gasteiger charge is 2.00. The average molecular weight is 245 g/mol. The van der Waals surface area contributed by atoms with E-state index in [-0.39, 0.29) is 0 Å². The summed E-state index contributed by atoms with van der Waals surface area (Å²) in [6, 6.07) is 6.76. The van der Waals surface area contributed by atoms with Gasteiger partial charge in [0.15, 0.2) is 0 Å². The Morgan fingerprint density at radius 2 is 2.00 bits per heavy atom. The molecule has 2 amide bonds. The fourth-order valence-corrected chi connectivity index (χ4v) is 1.56. The zero-order valence-electron chi connectivity index (χ0n) is 10.0. The van der Waals surface area contributed by atoms with E-state index in [4.69, 9.17) is 5.73 Å². The highest BCUT2D eigenvalue weighted by Crippen LogP contribution is 2.14. The maximum absolute atomic E-state index is 10.7. The lowest BCUT2D eigenvalue weighted by atomic mass is 10.2. The van der Waals surface area contributed by atoms with Crippen molar-refractivity contribution >= 4 is 17.4 Å². The van der Waals surface area contributed by atoms with Gasteiger partial charge in [-0.25, -0.2) is 4.79 Å². The minimum absolute atomic E-state index is 0.565. The number of primary amides is 1. The molecule has 1 heterocycles. The van der Waals surface area contributed by atoms with E-state index in [1.807, 2.05) is 19.1 Å². The molecule has 94 valence electrons. The molecule has 1 aromatic heterocycles. The molecule has 0 aliphatic rings. The van der Waals surface area contributed by atoms with Crippen LogP contribution in [0.2, 0.25) is 0 Å². The average Bonchev–Trinajstić information content (AvgIpc) is 2.73. The Bertz CT molecular complexity index is 532. The maximum Gasteiger partial charge on any atom is 0.316 e. The second kappa shape index (κ2) is 5.22. The van der Waals surface area contributed by atoms with Gasteiger partial charge in [0, 0.05) is 29.2 Å². The van der Waals surface area contributed by atoms with Crippen molar-refractivity contribution in [2.45, 2.75) is 13.5 Å². The van der Waals surface area contributed by atoms with Gasteiger partial charge in [0.05, 0.1) is 6.20 Å². The number of aryl methyl sites for hydroxylation is 1. The molecular weight excluding hydrogens is 230 g/mol. The van der Waals surface area contributed by atoms with E-state index in [0.717, 1.165) is 16.9 Å². The van der Waals surface area contributed by atoms with Gasteiger partial charge in [-0.15, -0.1) is 0 Å². The maximum atomic E-state index is 10.7. The third-order valence-electron chi connectivity index (χ3n) is 2.57. The lowest BCUT2D eigenvalue weighted by molar-refractivity contribution is 0.259. The summed E-state index contributed by atoms with van der Waals surface area (Å²) in [5, 5.41) is 12.6. The van der Waals surface area contributed by atoms with Crippen molar-refractivity contribution in [3.63, 3.8) is 0 Å². The number of nitrogens with one attached hydrogen (secondary N) is 3. The van der Waals surface area contributed by atoms with Gasteiger partial charge in [-0.05, 0) is 31.2 Å². The Morgan fingerprint density at radius 1 is 1.33 bits per heavy atom. The van der Waals surface area contributed by atoms with Crippen LogP contribution in [0.4, 0.5) is 16.2 Å². The van der Waals surface area contributed by atoms with Crippen molar-refractivity contribution in [1.29, 1.82) is 0 Å². The molecule has 0 aliphatic carbocycles. The summed E-state index contributed by atoms with van der Waals surface area (Å²) in [4.78, 5) is 10.7. The number of carbonyl (C=O) groups is 1. The van der Waals surface area contributed by atoms with Crippen LogP contribution in [0.25, 0.3) is 0 Å². The Labute approximate surface area is 105 Å². The SMILES string of the molecule is Cc1[nH]ncc1CNc1ccc(NC(N)=O)cc1. The number of H-pyrrole nitrogens is 1. The van der Waals surface area contributed by atoms with E-state index in [2.05, 4.69) is 20.8 Å². The number of aromatic nitrogens is 2. The van der Waals surface area contributed by atoms with E-state index < -0.39 is 6.03 Å². The second-order valence-corrected chi connectivity index (χ2v) is 3.94. The highest BCUT2D eigenvalue weighted by atomic mass is 16.2. The van der Waals surface area contributed by atoms with Crippen LogP contribution in [-0.4, -0.2) is 16.2 Å². The van der Waals surface area contributed by atoms with Gasteiger partial charge in [0.2, 0.25) is 0 Å². The van der Waals surface area contributed by atoms with Crippen molar-refractivity contribution < 1.29 is 4.79 Å². The summed E-state index contributed by atoms with van der Waals surface area (Å²) in [5.74, 6) is 0. The molecule has 2 rings (SSSR count). The summed E-state index contributed by atoms with van der Waals surface area (Å²) in [6.45, 7) is 2.68. The monoisotopic (exact) mass is 245 g/mol. The number of aromatic amines is 1. The minimum Gasteiger partial charge on any atom is -0.381 e. The third-order valence-corrected chi connectivity index (χ3v) is 2.57. The van der Waals surface area contributed by atoms with Crippen molar-refractivity contribution in [1.82, 2.24) is 10.2 Å². The van der Waals surface area contributed by atoms with Crippen molar-refractivity contribution in [2.75, 3.05) is 10.6 Å². The predicted molar refractivity (Wildman–Crippen MR) is 70.3 cm³/mol. The fourth-order valence-electron chi connectivity index (χ4n) is 1.56. The molecule has 0 fully saturated rings. The van der Waals surface area contributed by atoms with Gasteiger partial charge in [-0.1, -0.05) is 0 Å². The van der Waals surface area contributed by atoms with Gasteiger partial charge < -0.3 is 16.4 Å². The molecule has 0 atom stereocenters. The topological polar surface area (TPSA) is 95.8 Å². The fraction of sp³-hybridized carbons (Fsp3) is 0.167. The molecule has 0 saturated heterocycles. The molecule has 0 aliphatic heterocycles. The highest BCUT2D eigenvalue weighted by molar-refractivity contribution is 5.87. The standard InChI is InChI=1S/C12H15N5O/c1-8-9(7-15-17-8)6-14-10-2-4-11(5-3-10)16-12(13)18/h2-5,7,14H,6H2,1H3,(H,15,17)(H3,13,16,18). The van der Waals surface area contributed by atoms with Crippen LogP contribution in [-0.2, 0) is 6.54 Å². The molecule has 1 aromatic carbocycles. The predicted octanol–water partition coefficient (Wildman–Crippen LogP) is 1.82. The lowest BCUT2D eigenvalue weighted by Crippen LogP contribution is -2.19. The van der Waals surface area contributed by atoms with Gasteiger partial charge in [0.25, 0.3) is 0 Å². The number of hydrogen-bond acceptors (Lipinski definition) is 3. The number of nitrogens with zero attached hydrogens (tertiary/aromatic N) is 1. The summed E-state index contributed by atoms with van der Waals surface area (Å²) in [6.07, 6.45) is 1.80. The molecule has 0 unspecified atom stereocenters. The number of urea groups is 1. The van der Waals surface area contributed by atoms with Crippen LogP contribution >= 0.6 is 0 Å². The van der Waals surface area contributed by atoms with Crippen LogP contribution in [0, 0.1) is 6.92 Å². The number of carbonyl (C=O) groups excluding carboxylic acids is 1. The van der Waals surface area contributed by atoms with Crippen LogP contribution < -0.4 is 16.4 Å². The first kappa shape index (κ1) is 12.0. The van der Waals surface area contributed by atoms with E-state index in [9.17, 15) is 4.79 Å².